The maximum absolute atomic E-state index is 12.7. The summed E-state index contributed by atoms with van der Waals surface area (Å²) in [7, 11) is 0. The SMILES string of the molecule is CCCCOc1ccc(C(=O)N2CCC(O)(C(=O)O)CC2)cc1OCC. The molecule has 1 heterocycles. The maximum atomic E-state index is 12.7. The van der Waals surface area contributed by atoms with E-state index in [1.165, 1.54) is 0 Å². The lowest BCUT2D eigenvalue weighted by molar-refractivity contribution is -0.162. The van der Waals surface area contributed by atoms with E-state index in [4.69, 9.17) is 14.6 Å². The first-order valence-corrected chi connectivity index (χ1v) is 9.06. The summed E-state index contributed by atoms with van der Waals surface area (Å²) in [6.45, 7) is 5.38. The van der Waals surface area contributed by atoms with Gasteiger partial charge in [0.15, 0.2) is 17.1 Å². The first-order chi connectivity index (χ1) is 12.4. The number of benzene rings is 1. The van der Waals surface area contributed by atoms with Crippen molar-refractivity contribution in [2.75, 3.05) is 26.3 Å². The third-order valence-electron chi connectivity index (χ3n) is 4.52. The van der Waals surface area contributed by atoms with Crippen LogP contribution in [0.5, 0.6) is 11.5 Å². The lowest BCUT2D eigenvalue weighted by Gasteiger charge is -2.35. The van der Waals surface area contributed by atoms with Gasteiger partial charge in [0.2, 0.25) is 0 Å². The largest absolute Gasteiger partial charge is 0.490 e. The van der Waals surface area contributed by atoms with E-state index in [0.717, 1.165) is 12.8 Å². The summed E-state index contributed by atoms with van der Waals surface area (Å²) in [5, 5.41) is 19.1. The van der Waals surface area contributed by atoms with Crippen LogP contribution in [0.25, 0.3) is 0 Å². The molecule has 0 spiro atoms. The van der Waals surface area contributed by atoms with E-state index in [-0.39, 0.29) is 31.8 Å². The number of carboxylic acids is 1. The van der Waals surface area contributed by atoms with E-state index >= 15 is 0 Å². The van der Waals surface area contributed by atoms with Crippen molar-refractivity contribution in [3.8, 4) is 11.5 Å². The van der Waals surface area contributed by atoms with Gasteiger partial charge < -0.3 is 24.6 Å². The predicted molar refractivity (Wildman–Crippen MR) is 95.7 cm³/mol. The number of rotatable bonds is 8. The molecule has 0 unspecified atom stereocenters. The highest BCUT2D eigenvalue weighted by molar-refractivity contribution is 5.95. The Balaban J connectivity index is 2.09. The Morgan fingerprint density at radius 3 is 2.42 bits per heavy atom. The molecule has 0 aromatic heterocycles. The zero-order chi connectivity index (χ0) is 19.2. The van der Waals surface area contributed by atoms with Crippen molar-refractivity contribution in [3.63, 3.8) is 0 Å². The van der Waals surface area contributed by atoms with Crippen LogP contribution in [0, 0.1) is 0 Å². The average Bonchev–Trinajstić information content (AvgIpc) is 2.63. The molecule has 0 aliphatic carbocycles. The first kappa shape index (κ1) is 20.0. The Labute approximate surface area is 153 Å². The van der Waals surface area contributed by atoms with Gasteiger partial charge in [0.25, 0.3) is 5.91 Å². The van der Waals surface area contributed by atoms with Crippen molar-refractivity contribution in [1.82, 2.24) is 4.90 Å². The summed E-state index contributed by atoms with van der Waals surface area (Å²) in [6, 6.07) is 5.07. The summed E-state index contributed by atoms with van der Waals surface area (Å²) in [6.07, 6.45) is 2.00. The summed E-state index contributed by atoms with van der Waals surface area (Å²) in [5.41, 5.74) is -1.29. The fourth-order valence-corrected chi connectivity index (χ4v) is 2.83. The summed E-state index contributed by atoms with van der Waals surface area (Å²) < 4.78 is 11.3. The van der Waals surface area contributed by atoms with Gasteiger partial charge in [-0.15, -0.1) is 0 Å². The highest BCUT2D eigenvalue weighted by Gasteiger charge is 2.40. The van der Waals surface area contributed by atoms with Crippen molar-refractivity contribution in [2.45, 2.75) is 45.1 Å². The maximum Gasteiger partial charge on any atom is 0.335 e. The van der Waals surface area contributed by atoms with Crippen molar-refractivity contribution in [3.05, 3.63) is 23.8 Å². The standard InChI is InChI=1S/C19H27NO6/c1-3-5-12-26-15-7-6-14(13-16(15)25-4-2)17(21)20-10-8-19(24,9-11-20)18(22)23/h6-7,13,24H,3-5,8-12H2,1-2H3,(H,22,23). The Morgan fingerprint density at radius 2 is 1.85 bits per heavy atom. The van der Waals surface area contributed by atoms with Crippen molar-refractivity contribution in [2.24, 2.45) is 0 Å². The topological polar surface area (TPSA) is 96.3 Å². The van der Waals surface area contributed by atoms with E-state index < -0.39 is 11.6 Å². The number of aliphatic hydroxyl groups is 1. The van der Waals surface area contributed by atoms with Crippen LogP contribution in [-0.2, 0) is 4.79 Å². The van der Waals surface area contributed by atoms with Crippen LogP contribution in [-0.4, -0.2) is 58.9 Å². The molecule has 7 nitrogen and oxygen atoms in total. The van der Waals surface area contributed by atoms with Gasteiger partial charge in [0, 0.05) is 31.5 Å². The minimum absolute atomic E-state index is 0.0185. The zero-order valence-corrected chi connectivity index (χ0v) is 15.4. The normalized spacial score (nSPS) is 16.2. The molecule has 0 atom stereocenters. The fraction of sp³-hybridized carbons (Fsp3) is 0.579. The van der Waals surface area contributed by atoms with Gasteiger partial charge in [-0.25, -0.2) is 4.79 Å². The number of likely N-dealkylation sites (tertiary alicyclic amines) is 1. The van der Waals surface area contributed by atoms with Gasteiger partial charge in [-0.3, -0.25) is 4.79 Å². The van der Waals surface area contributed by atoms with Gasteiger partial charge in [-0.1, -0.05) is 13.3 Å². The number of carboxylic acid groups (broad SMARTS) is 1. The van der Waals surface area contributed by atoms with Crippen LogP contribution in [0.15, 0.2) is 18.2 Å². The second kappa shape index (κ2) is 8.89. The third kappa shape index (κ3) is 4.66. The number of unbranched alkanes of at least 4 members (excludes halogenated alkanes) is 1. The van der Waals surface area contributed by atoms with Gasteiger partial charge in [0.05, 0.1) is 13.2 Å². The second-order valence-corrected chi connectivity index (χ2v) is 6.43. The lowest BCUT2D eigenvalue weighted by Crippen LogP contribution is -2.50. The minimum Gasteiger partial charge on any atom is -0.490 e. The number of ether oxygens (including phenoxy) is 2. The predicted octanol–water partition coefficient (Wildman–Crippen LogP) is 2.32. The number of hydrogen-bond acceptors (Lipinski definition) is 5. The van der Waals surface area contributed by atoms with E-state index in [0.29, 0.717) is 30.3 Å². The molecule has 1 amide bonds. The van der Waals surface area contributed by atoms with Gasteiger partial charge in [-0.05, 0) is 31.5 Å². The molecule has 7 heteroatoms. The van der Waals surface area contributed by atoms with Crippen LogP contribution in [0.1, 0.15) is 49.9 Å². The van der Waals surface area contributed by atoms with Gasteiger partial charge in [-0.2, -0.15) is 0 Å². The third-order valence-corrected chi connectivity index (χ3v) is 4.52. The van der Waals surface area contributed by atoms with Crippen LogP contribution in [0.3, 0.4) is 0 Å². The molecule has 2 rings (SSSR count). The molecule has 1 aliphatic rings. The van der Waals surface area contributed by atoms with E-state index in [2.05, 4.69) is 6.92 Å². The van der Waals surface area contributed by atoms with Crippen LogP contribution < -0.4 is 9.47 Å². The highest BCUT2D eigenvalue weighted by Crippen LogP contribution is 2.30. The molecule has 1 aromatic rings. The van der Waals surface area contributed by atoms with Crippen LogP contribution in [0.2, 0.25) is 0 Å². The smallest absolute Gasteiger partial charge is 0.335 e. The summed E-state index contributed by atoms with van der Waals surface area (Å²) >= 11 is 0. The molecule has 1 fully saturated rings. The van der Waals surface area contributed by atoms with E-state index in [1.807, 2.05) is 6.92 Å². The molecule has 1 aliphatic heterocycles. The molecule has 0 radical (unpaired) electrons. The van der Waals surface area contributed by atoms with Gasteiger partial charge in [0.1, 0.15) is 0 Å². The summed E-state index contributed by atoms with van der Waals surface area (Å²) in [5.74, 6) is -0.320. The summed E-state index contributed by atoms with van der Waals surface area (Å²) in [4.78, 5) is 25.4. The number of nitrogens with zero attached hydrogens (tertiary/aromatic N) is 1. The number of aliphatic carboxylic acids is 1. The molecular formula is C19H27NO6. The zero-order valence-electron chi connectivity index (χ0n) is 15.4. The molecule has 0 bridgehead atoms. The molecule has 0 saturated carbocycles. The van der Waals surface area contributed by atoms with E-state index in [9.17, 15) is 14.7 Å². The Kier molecular flexibility index (Phi) is 6.85. The number of amides is 1. The Hall–Kier alpha value is -2.28. The van der Waals surface area contributed by atoms with Crippen LogP contribution in [0.4, 0.5) is 0 Å². The monoisotopic (exact) mass is 365 g/mol. The fourth-order valence-electron chi connectivity index (χ4n) is 2.83. The Bertz CT molecular complexity index is 637. The first-order valence-electron chi connectivity index (χ1n) is 9.06. The molecule has 1 saturated heterocycles. The number of carbonyl (C=O) groups is 2. The number of hydrogen-bond donors (Lipinski definition) is 2. The number of piperidine rings is 1. The molecule has 144 valence electrons. The Morgan fingerprint density at radius 1 is 1.15 bits per heavy atom. The molecule has 1 aromatic carbocycles. The van der Waals surface area contributed by atoms with E-state index in [1.54, 1.807) is 23.1 Å². The quantitative estimate of drug-likeness (QED) is 0.686. The number of carbonyl (C=O) groups excluding carboxylic acids is 1. The molecule has 2 N–H and O–H groups in total. The lowest BCUT2D eigenvalue weighted by atomic mass is 9.91. The highest BCUT2D eigenvalue weighted by atomic mass is 16.5. The van der Waals surface area contributed by atoms with Crippen molar-refractivity contribution >= 4 is 11.9 Å². The second-order valence-electron chi connectivity index (χ2n) is 6.43. The average molecular weight is 365 g/mol. The van der Waals surface area contributed by atoms with Gasteiger partial charge >= 0.3 is 5.97 Å². The minimum atomic E-state index is -1.75. The van der Waals surface area contributed by atoms with Crippen LogP contribution >= 0.6 is 0 Å². The molecular weight excluding hydrogens is 338 g/mol. The van der Waals surface area contributed by atoms with Crippen molar-refractivity contribution in [1.29, 1.82) is 0 Å². The van der Waals surface area contributed by atoms with Crippen molar-refractivity contribution < 1.29 is 29.3 Å². The molecule has 26 heavy (non-hydrogen) atoms.